The van der Waals surface area contributed by atoms with Gasteiger partial charge in [-0.15, -0.1) is 0 Å². The van der Waals surface area contributed by atoms with Gasteiger partial charge in [-0.05, 0) is 44.0 Å². The van der Waals surface area contributed by atoms with Crippen LogP contribution >= 0.6 is 0 Å². The zero-order valence-electron chi connectivity index (χ0n) is 14.8. The zero-order chi connectivity index (χ0) is 18.4. The van der Waals surface area contributed by atoms with Crippen molar-refractivity contribution >= 4 is 11.9 Å². The Labute approximate surface area is 147 Å². The van der Waals surface area contributed by atoms with Gasteiger partial charge in [0, 0.05) is 25.0 Å². The molecule has 0 atom stereocenters. The number of rotatable bonds is 8. The molecule has 0 radical (unpaired) electrons. The highest BCUT2D eigenvalue weighted by Crippen LogP contribution is 2.18. The summed E-state index contributed by atoms with van der Waals surface area (Å²) in [5, 5.41) is 12.2. The number of aromatic carboxylic acids is 1. The van der Waals surface area contributed by atoms with E-state index in [0.717, 1.165) is 11.3 Å². The van der Waals surface area contributed by atoms with Crippen LogP contribution in [0, 0.1) is 6.92 Å². The van der Waals surface area contributed by atoms with E-state index in [1.165, 1.54) is 0 Å². The van der Waals surface area contributed by atoms with Crippen LogP contribution in [0.25, 0.3) is 0 Å². The van der Waals surface area contributed by atoms with Crippen LogP contribution in [0.1, 0.15) is 41.0 Å². The third-order valence-electron chi connectivity index (χ3n) is 3.99. The Balaban J connectivity index is 2.02. The van der Waals surface area contributed by atoms with Crippen LogP contribution in [0.5, 0.6) is 5.75 Å². The second-order valence-electron chi connectivity index (χ2n) is 5.76. The van der Waals surface area contributed by atoms with Crippen molar-refractivity contribution in [3.05, 3.63) is 52.8 Å². The first-order valence-corrected chi connectivity index (χ1v) is 8.36. The third-order valence-corrected chi connectivity index (χ3v) is 3.99. The molecule has 6 heteroatoms. The maximum Gasteiger partial charge on any atom is 0.337 e. The normalized spacial score (nSPS) is 10.5. The number of nitrogens with one attached hydrogen (secondary N) is 1. The summed E-state index contributed by atoms with van der Waals surface area (Å²) in [5.74, 6) is -0.414. The molecule has 0 saturated heterocycles. The van der Waals surface area contributed by atoms with Gasteiger partial charge in [0.25, 0.3) is 0 Å². The second kappa shape index (κ2) is 8.37. The molecule has 0 aliphatic rings. The molecule has 0 saturated carbocycles. The molecular formula is C19H24N2O4. The van der Waals surface area contributed by atoms with Crippen molar-refractivity contribution in [2.45, 2.75) is 40.3 Å². The maximum absolute atomic E-state index is 12.3. The number of hydrogen-bond donors (Lipinski definition) is 2. The van der Waals surface area contributed by atoms with Gasteiger partial charge in [0.05, 0.1) is 18.6 Å². The van der Waals surface area contributed by atoms with E-state index in [4.69, 9.17) is 4.74 Å². The summed E-state index contributed by atoms with van der Waals surface area (Å²) in [6, 6.07) is 7.51. The summed E-state index contributed by atoms with van der Waals surface area (Å²) in [6.07, 6.45) is 1.82. The molecule has 2 rings (SSSR count). The van der Waals surface area contributed by atoms with Crippen molar-refractivity contribution in [1.29, 1.82) is 0 Å². The van der Waals surface area contributed by atoms with Crippen LogP contribution in [0.4, 0.5) is 0 Å². The van der Waals surface area contributed by atoms with Gasteiger partial charge in [0.1, 0.15) is 5.75 Å². The van der Waals surface area contributed by atoms with Crippen molar-refractivity contribution in [2.75, 3.05) is 6.61 Å². The van der Waals surface area contributed by atoms with E-state index in [1.807, 2.05) is 42.7 Å². The number of nitrogens with zero attached hydrogens (tertiary/aromatic N) is 1. The monoisotopic (exact) mass is 344 g/mol. The molecule has 0 aliphatic carbocycles. The molecule has 1 aromatic carbocycles. The number of carboxylic acids is 1. The molecule has 6 nitrogen and oxygen atoms in total. The Kier molecular flexibility index (Phi) is 6.22. The zero-order valence-corrected chi connectivity index (χ0v) is 14.8. The lowest BCUT2D eigenvalue weighted by Gasteiger charge is -2.10. The maximum atomic E-state index is 12.3. The van der Waals surface area contributed by atoms with Gasteiger partial charge in [0.15, 0.2) is 0 Å². The Bertz CT molecular complexity index is 748. The van der Waals surface area contributed by atoms with Crippen LogP contribution in [-0.4, -0.2) is 28.2 Å². The summed E-state index contributed by atoms with van der Waals surface area (Å²) in [7, 11) is 0. The number of carbonyl (C=O) groups excluding carboxylic acids is 1. The van der Waals surface area contributed by atoms with Crippen molar-refractivity contribution in [1.82, 2.24) is 9.88 Å². The fourth-order valence-corrected chi connectivity index (χ4v) is 2.80. The predicted octanol–water partition coefficient (Wildman–Crippen LogP) is 2.77. The third kappa shape index (κ3) is 4.62. The van der Waals surface area contributed by atoms with Crippen molar-refractivity contribution in [2.24, 2.45) is 0 Å². The standard InChI is InChI=1S/C19H24N2O4/c1-4-21-12-13(3)18(19(23)24)16(21)10-17(22)20-11-14-6-8-15(9-7-14)25-5-2/h6-9,12H,4-5,10-11H2,1-3H3,(H,20,22)(H,23,24). The van der Waals surface area contributed by atoms with Gasteiger partial charge in [-0.1, -0.05) is 12.1 Å². The first kappa shape index (κ1) is 18.6. The van der Waals surface area contributed by atoms with Gasteiger partial charge in [-0.25, -0.2) is 4.79 Å². The Morgan fingerprint density at radius 1 is 1.20 bits per heavy atom. The van der Waals surface area contributed by atoms with Crippen LogP contribution in [0.2, 0.25) is 0 Å². The number of amides is 1. The predicted molar refractivity (Wildman–Crippen MR) is 95.0 cm³/mol. The first-order valence-electron chi connectivity index (χ1n) is 8.36. The van der Waals surface area contributed by atoms with Gasteiger partial charge in [-0.2, -0.15) is 0 Å². The van der Waals surface area contributed by atoms with Gasteiger partial charge in [0.2, 0.25) is 5.91 Å². The Morgan fingerprint density at radius 3 is 2.44 bits per heavy atom. The highest BCUT2D eigenvalue weighted by Gasteiger charge is 2.20. The molecule has 0 spiro atoms. The Morgan fingerprint density at radius 2 is 1.88 bits per heavy atom. The fourth-order valence-electron chi connectivity index (χ4n) is 2.80. The van der Waals surface area contributed by atoms with Gasteiger partial charge >= 0.3 is 5.97 Å². The summed E-state index contributed by atoms with van der Waals surface area (Å²) in [5.41, 5.74) is 2.38. The minimum Gasteiger partial charge on any atom is -0.494 e. The molecule has 2 aromatic rings. The lowest BCUT2D eigenvalue weighted by atomic mass is 10.1. The lowest BCUT2D eigenvalue weighted by molar-refractivity contribution is -0.120. The molecule has 134 valence electrons. The van der Waals surface area contributed by atoms with E-state index < -0.39 is 5.97 Å². The lowest BCUT2D eigenvalue weighted by Crippen LogP contribution is -2.26. The van der Waals surface area contributed by atoms with Crippen LogP contribution in [0.15, 0.2) is 30.5 Å². The van der Waals surface area contributed by atoms with E-state index in [9.17, 15) is 14.7 Å². The second-order valence-corrected chi connectivity index (χ2v) is 5.76. The average Bonchev–Trinajstić information content (AvgIpc) is 2.90. The summed E-state index contributed by atoms with van der Waals surface area (Å²) < 4.78 is 7.20. The minimum absolute atomic E-state index is 0.0420. The first-order chi connectivity index (χ1) is 12.0. The number of aryl methyl sites for hydroxylation is 2. The van der Waals surface area contributed by atoms with E-state index >= 15 is 0 Å². The molecule has 2 N–H and O–H groups in total. The molecule has 1 aromatic heterocycles. The van der Waals surface area contributed by atoms with E-state index in [-0.39, 0.29) is 17.9 Å². The number of carboxylic acid groups (broad SMARTS) is 1. The average molecular weight is 344 g/mol. The van der Waals surface area contributed by atoms with Crippen LogP contribution in [-0.2, 0) is 24.3 Å². The Hall–Kier alpha value is -2.76. The molecule has 0 bridgehead atoms. The van der Waals surface area contributed by atoms with Crippen LogP contribution in [0.3, 0.4) is 0 Å². The smallest absolute Gasteiger partial charge is 0.337 e. The molecular weight excluding hydrogens is 320 g/mol. The number of aromatic nitrogens is 1. The van der Waals surface area contributed by atoms with E-state index in [0.29, 0.717) is 31.0 Å². The SMILES string of the molecule is CCOc1ccc(CNC(=O)Cc2c(C(=O)O)c(C)cn2CC)cc1. The van der Waals surface area contributed by atoms with E-state index in [2.05, 4.69) is 5.32 Å². The minimum atomic E-state index is -1.00. The quantitative estimate of drug-likeness (QED) is 0.772. The summed E-state index contributed by atoms with van der Waals surface area (Å²) >= 11 is 0. The highest BCUT2D eigenvalue weighted by atomic mass is 16.5. The number of carbonyl (C=O) groups is 2. The molecule has 0 fully saturated rings. The molecule has 0 unspecified atom stereocenters. The largest absolute Gasteiger partial charge is 0.494 e. The number of ether oxygens (including phenoxy) is 1. The van der Waals surface area contributed by atoms with Crippen molar-refractivity contribution in [3.63, 3.8) is 0 Å². The highest BCUT2D eigenvalue weighted by molar-refractivity contribution is 5.93. The van der Waals surface area contributed by atoms with Crippen LogP contribution < -0.4 is 10.1 Å². The van der Waals surface area contributed by atoms with E-state index in [1.54, 1.807) is 13.1 Å². The molecule has 1 heterocycles. The number of benzene rings is 1. The van der Waals surface area contributed by atoms with Crippen molar-refractivity contribution < 1.29 is 19.4 Å². The number of hydrogen-bond acceptors (Lipinski definition) is 3. The molecule has 25 heavy (non-hydrogen) atoms. The van der Waals surface area contributed by atoms with Gasteiger partial charge in [-0.3, -0.25) is 4.79 Å². The topological polar surface area (TPSA) is 80.6 Å². The molecule has 1 amide bonds. The summed E-state index contributed by atoms with van der Waals surface area (Å²) in [4.78, 5) is 23.7. The van der Waals surface area contributed by atoms with Gasteiger partial charge < -0.3 is 19.7 Å². The summed E-state index contributed by atoms with van der Waals surface area (Å²) in [6.45, 7) is 7.21. The molecule has 0 aliphatic heterocycles. The van der Waals surface area contributed by atoms with Crippen molar-refractivity contribution in [3.8, 4) is 5.75 Å². The fraction of sp³-hybridized carbons (Fsp3) is 0.368.